The SMILES string of the molecule is CCCCC1=CC2CN(Cc3ccccc3)CC2C1=O. The number of nitrogens with zero attached hydrogens (tertiary/aromatic N) is 1. The highest BCUT2D eigenvalue weighted by atomic mass is 16.1. The average molecular weight is 269 g/mol. The van der Waals surface area contributed by atoms with Crippen LogP contribution < -0.4 is 0 Å². The number of unbranched alkanes of at least 4 members (excludes halogenated alkanes) is 1. The monoisotopic (exact) mass is 269 g/mol. The van der Waals surface area contributed by atoms with Crippen LogP contribution in [0.15, 0.2) is 42.0 Å². The molecular weight excluding hydrogens is 246 g/mol. The van der Waals surface area contributed by atoms with Crippen molar-refractivity contribution in [1.82, 2.24) is 4.90 Å². The van der Waals surface area contributed by atoms with Crippen LogP contribution in [-0.2, 0) is 11.3 Å². The summed E-state index contributed by atoms with van der Waals surface area (Å²) in [5.41, 5.74) is 2.45. The average Bonchev–Trinajstić information content (AvgIpc) is 2.97. The van der Waals surface area contributed by atoms with Crippen LogP contribution in [-0.4, -0.2) is 23.8 Å². The second-order valence-electron chi connectivity index (χ2n) is 6.11. The van der Waals surface area contributed by atoms with Crippen molar-refractivity contribution in [3.63, 3.8) is 0 Å². The molecule has 0 N–H and O–H groups in total. The number of hydrogen-bond acceptors (Lipinski definition) is 2. The van der Waals surface area contributed by atoms with Crippen LogP contribution in [0, 0.1) is 11.8 Å². The summed E-state index contributed by atoms with van der Waals surface area (Å²) in [6, 6.07) is 10.5. The standard InChI is InChI=1S/C18H23NO/c1-2-3-9-15-10-16-12-19(13-17(16)18(15)20)11-14-7-5-4-6-8-14/h4-8,10,16-17H,2-3,9,11-13H2,1H3. The first-order valence-electron chi connectivity index (χ1n) is 7.79. The number of fused-ring (bicyclic) bond motifs is 1. The number of allylic oxidation sites excluding steroid dienone is 1. The highest BCUT2D eigenvalue weighted by Gasteiger charge is 2.41. The molecule has 106 valence electrons. The maximum Gasteiger partial charge on any atom is 0.163 e. The smallest absolute Gasteiger partial charge is 0.163 e. The second-order valence-corrected chi connectivity index (χ2v) is 6.11. The molecule has 2 heteroatoms. The lowest BCUT2D eigenvalue weighted by Crippen LogP contribution is -2.23. The third kappa shape index (κ3) is 2.71. The zero-order valence-electron chi connectivity index (χ0n) is 12.2. The highest BCUT2D eigenvalue weighted by molar-refractivity contribution is 6.00. The van der Waals surface area contributed by atoms with Crippen LogP contribution in [0.3, 0.4) is 0 Å². The third-order valence-electron chi connectivity index (χ3n) is 4.56. The fourth-order valence-corrected chi connectivity index (χ4v) is 3.48. The summed E-state index contributed by atoms with van der Waals surface area (Å²) in [6.45, 7) is 5.13. The topological polar surface area (TPSA) is 20.3 Å². The van der Waals surface area contributed by atoms with E-state index in [9.17, 15) is 4.79 Å². The van der Waals surface area contributed by atoms with E-state index in [0.29, 0.717) is 11.7 Å². The number of ketones is 1. The Kier molecular flexibility index (Phi) is 4.02. The summed E-state index contributed by atoms with van der Waals surface area (Å²) >= 11 is 0. The largest absolute Gasteiger partial charge is 0.298 e. The molecule has 1 aromatic rings. The molecule has 0 amide bonds. The van der Waals surface area contributed by atoms with Gasteiger partial charge in [-0.1, -0.05) is 49.8 Å². The molecule has 1 heterocycles. The minimum absolute atomic E-state index is 0.241. The Balaban J connectivity index is 1.61. The molecule has 1 saturated heterocycles. The van der Waals surface area contributed by atoms with Gasteiger partial charge >= 0.3 is 0 Å². The molecule has 2 atom stereocenters. The molecule has 1 aliphatic carbocycles. The van der Waals surface area contributed by atoms with Crippen LogP contribution in [0.1, 0.15) is 31.7 Å². The van der Waals surface area contributed by atoms with Gasteiger partial charge in [-0.05, 0) is 24.0 Å². The Morgan fingerprint density at radius 3 is 2.70 bits per heavy atom. The summed E-state index contributed by atoms with van der Waals surface area (Å²) in [5, 5.41) is 0. The molecule has 0 radical (unpaired) electrons. The van der Waals surface area contributed by atoms with Crippen molar-refractivity contribution in [2.45, 2.75) is 32.7 Å². The zero-order valence-corrected chi connectivity index (χ0v) is 12.2. The van der Waals surface area contributed by atoms with E-state index in [4.69, 9.17) is 0 Å². The van der Waals surface area contributed by atoms with Crippen molar-refractivity contribution < 1.29 is 4.79 Å². The van der Waals surface area contributed by atoms with Gasteiger partial charge in [-0.15, -0.1) is 0 Å². The van der Waals surface area contributed by atoms with Gasteiger partial charge in [0, 0.05) is 31.5 Å². The minimum Gasteiger partial charge on any atom is -0.298 e. The van der Waals surface area contributed by atoms with Crippen LogP contribution >= 0.6 is 0 Å². The van der Waals surface area contributed by atoms with Gasteiger partial charge in [0.05, 0.1) is 0 Å². The number of rotatable bonds is 5. The van der Waals surface area contributed by atoms with Crippen LogP contribution in [0.4, 0.5) is 0 Å². The van der Waals surface area contributed by atoms with Crippen LogP contribution in [0.5, 0.6) is 0 Å². The minimum atomic E-state index is 0.241. The van der Waals surface area contributed by atoms with Crippen LogP contribution in [0.25, 0.3) is 0 Å². The Labute approximate surface area is 121 Å². The summed E-state index contributed by atoms with van der Waals surface area (Å²) in [5.74, 6) is 1.14. The van der Waals surface area contributed by atoms with Crippen molar-refractivity contribution in [2.75, 3.05) is 13.1 Å². The van der Waals surface area contributed by atoms with Crippen LogP contribution in [0.2, 0.25) is 0 Å². The zero-order chi connectivity index (χ0) is 13.9. The van der Waals surface area contributed by atoms with E-state index >= 15 is 0 Å². The molecule has 0 aromatic heterocycles. The van der Waals surface area contributed by atoms with Gasteiger partial charge in [0.15, 0.2) is 5.78 Å². The van der Waals surface area contributed by atoms with Crippen molar-refractivity contribution in [3.8, 4) is 0 Å². The molecule has 3 rings (SSSR count). The third-order valence-corrected chi connectivity index (χ3v) is 4.56. The fourth-order valence-electron chi connectivity index (χ4n) is 3.48. The summed E-state index contributed by atoms with van der Waals surface area (Å²) in [7, 11) is 0. The maximum absolute atomic E-state index is 12.4. The second kappa shape index (κ2) is 5.92. The lowest BCUT2D eigenvalue weighted by Gasteiger charge is -2.16. The van der Waals surface area contributed by atoms with Crippen molar-refractivity contribution in [2.24, 2.45) is 11.8 Å². The molecule has 1 fully saturated rings. The van der Waals surface area contributed by atoms with Gasteiger partial charge < -0.3 is 0 Å². The molecule has 2 nitrogen and oxygen atoms in total. The van der Waals surface area contributed by atoms with E-state index in [0.717, 1.165) is 38.0 Å². The van der Waals surface area contributed by atoms with Gasteiger partial charge in [0.25, 0.3) is 0 Å². The van der Waals surface area contributed by atoms with E-state index in [1.807, 2.05) is 0 Å². The Morgan fingerprint density at radius 2 is 2.00 bits per heavy atom. The van der Waals surface area contributed by atoms with Crippen molar-refractivity contribution in [1.29, 1.82) is 0 Å². The van der Waals surface area contributed by atoms with E-state index in [2.05, 4.69) is 48.2 Å². The summed E-state index contributed by atoms with van der Waals surface area (Å²) in [4.78, 5) is 14.8. The lowest BCUT2D eigenvalue weighted by molar-refractivity contribution is -0.118. The van der Waals surface area contributed by atoms with Crippen molar-refractivity contribution >= 4 is 5.78 Å². The van der Waals surface area contributed by atoms with Gasteiger partial charge in [-0.2, -0.15) is 0 Å². The molecule has 0 saturated carbocycles. The van der Waals surface area contributed by atoms with E-state index < -0.39 is 0 Å². The highest BCUT2D eigenvalue weighted by Crippen LogP contribution is 2.36. The first-order valence-corrected chi connectivity index (χ1v) is 7.79. The quantitative estimate of drug-likeness (QED) is 0.816. The number of carbonyl (C=O) groups excluding carboxylic acids is 1. The van der Waals surface area contributed by atoms with Crippen molar-refractivity contribution in [3.05, 3.63) is 47.5 Å². The number of Topliss-reactive ketones (excluding diaryl/α,β-unsaturated/α-hetero) is 1. The molecule has 0 spiro atoms. The van der Waals surface area contributed by atoms with E-state index in [-0.39, 0.29) is 5.92 Å². The number of carbonyl (C=O) groups is 1. The number of hydrogen-bond donors (Lipinski definition) is 0. The normalized spacial score (nSPS) is 25.9. The molecule has 0 bridgehead atoms. The maximum atomic E-state index is 12.4. The molecule has 1 aliphatic heterocycles. The van der Waals surface area contributed by atoms with Gasteiger partial charge in [0.2, 0.25) is 0 Å². The van der Waals surface area contributed by atoms with Gasteiger partial charge in [0.1, 0.15) is 0 Å². The number of benzene rings is 1. The first-order chi connectivity index (χ1) is 9.78. The molecule has 2 aliphatic rings. The Morgan fingerprint density at radius 1 is 1.20 bits per heavy atom. The van der Waals surface area contributed by atoms with E-state index in [1.54, 1.807) is 0 Å². The summed E-state index contributed by atoms with van der Waals surface area (Å²) in [6.07, 6.45) is 5.57. The van der Waals surface area contributed by atoms with Gasteiger partial charge in [-0.25, -0.2) is 0 Å². The molecule has 2 unspecified atom stereocenters. The molecule has 1 aromatic carbocycles. The fraction of sp³-hybridized carbons (Fsp3) is 0.500. The van der Waals surface area contributed by atoms with Gasteiger partial charge in [-0.3, -0.25) is 9.69 Å². The Hall–Kier alpha value is -1.41. The number of likely N-dealkylation sites (tertiary alicyclic amines) is 1. The Bertz CT molecular complexity index is 505. The lowest BCUT2D eigenvalue weighted by atomic mass is 9.97. The molecule has 20 heavy (non-hydrogen) atoms. The van der Waals surface area contributed by atoms with E-state index in [1.165, 1.54) is 12.0 Å². The predicted octanol–water partition coefficient (Wildman–Crippen LogP) is 3.43. The summed E-state index contributed by atoms with van der Waals surface area (Å²) < 4.78 is 0. The first kappa shape index (κ1) is 13.6. The molecular formula is C18H23NO. The predicted molar refractivity (Wildman–Crippen MR) is 81.3 cm³/mol.